The Bertz CT molecular complexity index is 1160. The number of amides is 3. The Morgan fingerprint density at radius 2 is 1.96 bits per heavy atom. The van der Waals surface area contributed by atoms with E-state index in [1.54, 1.807) is 6.08 Å². The zero-order valence-corrected chi connectivity index (χ0v) is 15.5. The third-order valence-corrected chi connectivity index (χ3v) is 4.77. The topological polar surface area (TPSA) is 54.3 Å². The van der Waals surface area contributed by atoms with E-state index in [4.69, 9.17) is 6.42 Å². The van der Waals surface area contributed by atoms with E-state index in [0.717, 1.165) is 27.6 Å². The van der Waals surface area contributed by atoms with Crippen LogP contribution in [0.25, 0.3) is 17.0 Å². The predicted molar refractivity (Wildman–Crippen MR) is 109 cm³/mol. The maximum absolute atomic E-state index is 12.8. The molecule has 1 aliphatic rings. The molecule has 0 saturated carbocycles. The van der Waals surface area contributed by atoms with Gasteiger partial charge in [-0.1, -0.05) is 53.9 Å². The van der Waals surface area contributed by atoms with Crippen LogP contribution in [0.3, 0.4) is 0 Å². The van der Waals surface area contributed by atoms with Gasteiger partial charge in [0.25, 0.3) is 5.91 Å². The lowest BCUT2D eigenvalue weighted by molar-refractivity contribution is -0.123. The first-order valence-corrected chi connectivity index (χ1v) is 8.98. The molecule has 28 heavy (non-hydrogen) atoms. The Labute approximate surface area is 163 Å². The van der Waals surface area contributed by atoms with Crippen molar-refractivity contribution < 1.29 is 9.59 Å². The number of imide groups is 1. The molecule has 1 fully saturated rings. The van der Waals surface area contributed by atoms with E-state index in [9.17, 15) is 9.59 Å². The second-order valence-corrected chi connectivity index (χ2v) is 6.80. The maximum atomic E-state index is 12.8. The highest BCUT2D eigenvalue weighted by molar-refractivity contribution is 6.14. The number of para-hydroxylation sites is 1. The first-order valence-electron chi connectivity index (χ1n) is 8.98. The van der Waals surface area contributed by atoms with Gasteiger partial charge in [-0.25, -0.2) is 4.79 Å². The van der Waals surface area contributed by atoms with Crippen molar-refractivity contribution in [3.05, 3.63) is 77.1 Å². The third kappa shape index (κ3) is 3.17. The van der Waals surface area contributed by atoms with Gasteiger partial charge < -0.3 is 9.88 Å². The van der Waals surface area contributed by atoms with Crippen molar-refractivity contribution in [1.82, 2.24) is 14.8 Å². The fourth-order valence-electron chi connectivity index (χ4n) is 3.48. The highest BCUT2D eigenvalue weighted by Gasteiger charge is 2.33. The molecule has 5 heteroatoms. The lowest BCUT2D eigenvalue weighted by Crippen LogP contribution is -2.30. The average molecular weight is 369 g/mol. The van der Waals surface area contributed by atoms with E-state index < -0.39 is 6.03 Å². The van der Waals surface area contributed by atoms with Gasteiger partial charge in [0, 0.05) is 22.7 Å². The van der Waals surface area contributed by atoms with E-state index in [2.05, 4.69) is 11.2 Å². The first-order chi connectivity index (χ1) is 13.6. The summed E-state index contributed by atoms with van der Waals surface area (Å²) in [4.78, 5) is 26.4. The van der Waals surface area contributed by atoms with Crippen LogP contribution in [0.15, 0.2) is 60.4 Å². The predicted octanol–water partition coefficient (Wildman–Crippen LogP) is 3.68. The first kappa shape index (κ1) is 17.6. The number of aromatic nitrogens is 1. The van der Waals surface area contributed by atoms with Crippen molar-refractivity contribution in [2.45, 2.75) is 20.0 Å². The van der Waals surface area contributed by atoms with Crippen molar-refractivity contribution in [2.24, 2.45) is 0 Å². The molecule has 0 unspecified atom stereocenters. The summed E-state index contributed by atoms with van der Waals surface area (Å²) in [6.07, 6.45) is 9.08. The van der Waals surface area contributed by atoms with E-state index >= 15 is 0 Å². The highest BCUT2D eigenvalue weighted by atomic mass is 16.2. The molecule has 3 aromatic rings. The van der Waals surface area contributed by atoms with Crippen molar-refractivity contribution >= 4 is 28.9 Å². The maximum Gasteiger partial charge on any atom is 0.329 e. The minimum atomic E-state index is -0.412. The fraction of sp³-hybridized carbons (Fsp3) is 0.130. The molecule has 2 aromatic carbocycles. The van der Waals surface area contributed by atoms with Crippen molar-refractivity contribution in [2.75, 3.05) is 0 Å². The second kappa shape index (κ2) is 7.09. The summed E-state index contributed by atoms with van der Waals surface area (Å²) >= 11 is 0. The van der Waals surface area contributed by atoms with E-state index in [0.29, 0.717) is 6.54 Å². The third-order valence-electron chi connectivity index (χ3n) is 4.77. The van der Waals surface area contributed by atoms with Crippen molar-refractivity contribution in [3.63, 3.8) is 0 Å². The fourth-order valence-corrected chi connectivity index (χ4v) is 3.48. The van der Waals surface area contributed by atoms with Crippen LogP contribution in [0.2, 0.25) is 0 Å². The molecule has 1 N–H and O–H groups in total. The number of carbonyl (C=O) groups excluding carboxylic acids is 2. The van der Waals surface area contributed by atoms with Gasteiger partial charge in [-0.3, -0.25) is 9.69 Å². The number of hydrogen-bond acceptors (Lipinski definition) is 2. The van der Waals surface area contributed by atoms with Gasteiger partial charge in [-0.2, -0.15) is 0 Å². The zero-order chi connectivity index (χ0) is 19.7. The molecule has 5 nitrogen and oxygen atoms in total. The molecule has 1 aromatic heterocycles. The number of benzene rings is 2. The Hall–Kier alpha value is -3.78. The molecule has 0 spiro atoms. The van der Waals surface area contributed by atoms with Crippen LogP contribution in [0.5, 0.6) is 0 Å². The van der Waals surface area contributed by atoms with E-state index in [1.165, 1.54) is 4.90 Å². The molecule has 3 amide bonds. The van der Waals surface area contributed by atoms with Crippen LogP contribution >= 0.6 is 0 Å². The summed E-state index contributed by atoms with van der Waals surface area (Å²) in [5.74, 6) is 2.30. The molecule has 0 aliphatic carbocycles. The average Bonchev–Trinajstić information content (AvgIpc) is 3.15. The van der Waals surface area contributed by atoms with Crippen molar-refractivity contribution in [1.29, 1.82) is 0 Å². The lowest BCUT2D eigenvalue weighted by atomic mass is 10.1. The molecule has 0 radical (unpaired) electrons. The Kier molecular flexibility index (Phi) is 4.46. The van der Waals surface area contributed by atoms with Crippen LogP contribution in [-0.4, -0.2) is 21.4 Å². The normalized spacial score (nSPS) is 15.3. The zero-order valence-electron chi connectivity index (χ0n) is 15.5. The molecule has 1 saturated heterocycles. The summed E-state index contributed by atoms with van der Waals surface area (Å²) < 4.78 is 1.95. The van der Waals surface area contributed by atoms with Gasteiger partial charge in [0.1, 0.15) is 5.70 Å². The number of fused-ring (bicyclic) bond motifs is 1. The summed E-state index contributed by atoms with van der Waals surface area (Å²) in [5.41, 5.74) is 4.09. The molecular weight excluding hydrogens is 350 g/mol. The van der Waals surface area contributed by atoms with Gasteiger partial charge >= 0.3 is 6.03 Å². The van der Waals surface area contributed by atoms with Gasteiger partial charge in [-0.15, -0.1) is 6.42 Å². The molecule has 2 heterocycles. The SMILES string of the molecule is C#CCn1cc(/C=C2/NC(=O)N(Cc3cccc(C)c3)C2=O)c2ccccc21. The van der Waals surface area contributed by atoms with Crippen LogP contribution in [0.1, 0.15) is 16.7 Å². The van der Waals surface area contributed by atoms with Gasteiger partial charge in [0.05, 0.1) is 13.1 Å². The number of carbonyl (C=O) groups is 2. The number of rotatable bonds is 4. The van der Waals surface area contributed by atoms with Crippen molar-refractivity contribution in [3.8, 4) is 12.3 Å². The summed E-state index contributed by atoms with van der Waals surface area (Å²) in [5, 5.41) is 3.67. The summed E-state index contributed by atoms with van der Waals surface area (Å²) in [6.45, 7) is 2.65. The number of aryl methyl sites for hydroxylation is 1. The minimum Gasteiger partial charge on any atom is -0.335 e. The molecule has 4 rings (SSSR count). The Balaban J connectivity index is 1.66. The van der Waals surface area contributed by atoms with Crippen LogP contribution in [-0.2, 0) is 17.9 Å². The van der Waals surface area contributed by atoms with Gasteiger partial charge in [0.2, 0.25) is 0 Å². The van der Waals surface area contributed by atoms with Crippen LogP contribution < -0.4 is 5.32 Å². The van der Waals surface area contributed by atoms with Gasteiger partial charge in [-0.05, 0) is 24.6 Å². The summed E-state index contributed by atoms with van der Waals surface area (Å²) in [6, 6.07) is 15.2. The molecule has 0 bridgehead atoms. The molecule has 0 atom stereocenters. The van der Waals surface area contributed by atoms with E-state index in [1.807, 2.05) is 66.2 Å². The Morgan fingerprint density at radius 3 is 2.75 bits per heavy atom. The van der Waals surface area contributed by atoms with Crippen LogP contribution in [0.4, 0.5) is 4.79 Å². The summed E-state index contributed by atoms with van der Waals surface area (Å²) in [7, 11) is 0. The minimum absolute atomic E-state index is 0.239. The molecule has 1 aliphatic heterocycles. The largest absolute Gasteiger partial charge is 0.335 e. The smallest absolute Gasteiger partial charge is 0.329 e. The molecular formula is C23H19N3O2. The monoisotopic (exact) mass is 369 g/mol. The number of urea groups is 1. The second-order valence-electron chi connectivity index (χ2n) is 6.80. The number of nitrogens with zero attached hydrogens (tertiary/aromatic N) is 2. The number of nitrogens with one attached hydrogen (secondary N) is 1. The lowest BCUT2D eigenvalue weighted by Gasteiger charge is -2.12. The Morgan fingerprint density at radius 1 is 1.14 bits per heavy atom. The number of terminal acetylenes is 1. The number of hydrogen-bond donors (Lipinski definition) is 1. The van der Waals surface area contributed by atoms with E-state index in [-0.39, 0.29) is 18.1 Å². The standard InChI is InChI=1S/C23H19N3O2/c1-3-11-25-15-18(19-9-4-5-10-21(19)25)13-20-22(27)26(23(28)24-20)14-17-8-6-7-16(2)12-17/h1,4-10,12-13,15H,11,14H2,2H3,(H,24,28)/b20-13+. The molecule has 138 valence electrons. The van der Waals surface area contributed by atoms with Crippen LogP contribution in [0, 0.1) is 19.3 Å². The highest BCUT2D eigenvalue weighted by Crippen LogP contribution is 2.25. The van der Waals surface area contributed by atoms with Gasteiger partial charge in [0.15, 0.2) is 0 Å². The quantitative estimate of drug-likeness (QED) is 0.433.